The summed E-state index contributed by atoms with van der Waals surface area (Å²) in [5.74, 6) is 1.04. The summed E-state index contributed by atoms with van der Waals surface area (Å²) in [4.78, 5) is 7.89. The normalized spacial score (nSPS) is 21.2. The Labute approximate surface area is 89.7 Å². The average molecular weight is 197 g/mol. The second kappa shape index (κ2) is 3.38. The fraction of sp³-hybridized carbons (Fsp3) is 0.364. The zero-order valence-corrected chi connectivity index (χ0v) is 8.46. The lowest BCUT2D eigenvalue weighted by Crippen LogP contribution is -2.14. The maximum atomic E-state index is 5.72. The number of hydrogen-bond donors (Lipinski definition) is 2. The maximum absolute atomic E-state index is 5.72. The highest BCUT2D eigenvalue weighted by atomic mass is 15.0. The van der Waals surface area contributed by atoms with E-state index in [4.69, 9.17) is 7.85 Å². The topological polar surface area (TPSA) is 40.7 Å². The van der Waals surface area contributed by atoms with Gasteiger partial charge in [-0.1, -0.05) is 11.5 Å². The Morgan fingerprint density at radius 2 is 2.33 bits per heavy atom. The molecular formula is C11H12BN3. The van der Waals surface area contributed by atoms with Gasteiger partial charge in [0.15, 0.2) is 0 Å². The van der Waals surface area contributed by atoms with E-state index in [-0.39, 0.29) is 0 Å². The van der Waals surface area contributed by atoms with E-state index < -0.39 is 0 Å². The first-order chi connectivity index (χ1) is 7.33. The van der Waals surface area contributed by atoms with Crippen LogP contribution in [0.15, 0.2) is 18.2 Å². The molecule has 2 N–H and O–H groups in total. The van der Waals surface area contributed by atoms with Gasteiger partial charge in [0.1, 0.15) is 13.7 Å². The minimum Gasteiger partial charge on any atom is -0.341 e. The Hall–Kier alpha value is -1.29. The van der Waals surface area contributed by atoms with Crippen molar-refractivity contribution in [1.82, 2.24) is 15.3 Å². The van der Waals surface area contributed by atoms with Crippen molar-refractivity contribution in [2.75, 3.05) is 6.54 Å². The molecule has 74 valence electrons. The number of H-pyrrole nitrogens is 1. The molecule has 1 aliphatic heterocycles. The molecule has 1 aromatic carbocycles. The molecule has 1 aliphatic rings. The van der Waals surface area contributed by atoms with Gasteiger partial charge in [0.05, 0.1) is 17.1 Å². The second-order valence-electron chi connectivity index (χ2n) is 4.05. The van der Waals surface area contributed by atoms with Gasteiger partial charge >= 0.3 is 0 Å². The van der Waals surface area contributed by atoms with Crippen LogP contribution in [0.2, 0.25) is 0 Å². The largest absolute Gasteiger partial charge is 0.341 e. The predicted octanol–water partition coefficient (Wildman–Crippen LogP) is 0.781. The molecule has 0 aliphatic carbocycles. The summed E-state index contributed by atoms with van der Waals surface area (Å²) in [6.45, 7) is 1.09. The third kappa shape index (κ3) is 1.55. The van der Waals surface area contributed by atoms with Gasteiger partial charge in [-0.15, -0.1) is 0 Å². The number of nitrogens with one attached hydrogen (secondary N) is 2. The third-order valence-electron chi connectivity index (χ3n) is 2.91. The van der Waals surface area contributed by atoms with Crippen molar-refractivity contribution >= 4 is 24.3 Å². The van der Waals surface area contributed by atoms with Crippen LogP contribution >= 0.6 is 0 Å². The molecule has 0 bridgehead atoms. The number of imidazole rings is 1. The Balaban J connectivity index is 2.05. The van der Waals surface area contributed by atoms with Crippen molar-refractivity contribution in [3.8, 4) is 0 Å². The van der Waals surface area contributed by atoms with Crippen LogP contribution in [0.3, 0.4) is 0 Å². The SMILES string of the molecule is [B]c1ccc2nc([C@@H]3CCCN3)[nH]c2c1. The van der Waals surface area contributed by atoms with E-state index in [1.807, 2.05) is 18.2 Å². The summed E-state index contributed by atoms with van der Waals surface area (Å²) < 4.78 is 0. The van der Waals surface area contributed by atoms with Gasteiger partial charge in [-0.2, -0.15) is 0 Å². The Bertz CT molecular complexity index is 486. The van der Waals surface area contributed by atoms with Crippen LogP contribution < -0.4 is 10.8 Å². The lowest BCUT2D eigenvalue weighted by molar-refractivity contribution is 0.614. The Morgan fingerprint density at radius 3 is 3.13 bits per heavy atom. The number of aromatic amines is 1. The number of nitrogens with zero attached hydrogens (tertiary/aromatic N) is 1. The molecule has 0 unspecified atom stereocenters. The fourth-order valence-corrected chi connectivity index (χ4v) is 2.13. The molecule has 1 fully saturated rings. The molecule has 1 aromatic heterocycles. The first kappa shape index (κ1) is 8.98. The van der Waals surface area contributed by atoms with E-state index >= 15 is 0 Å². The quantitative estimate of drug-likeness (QED) is 0.663. The molecule has 3 nitrogen and oxygen atoms in total. The van der Waals surface area contributed by atoms with Crippen molar-refractivity contribution in [3.05, 3.63) is 24.0 Å². The molecule has 0 amide bonds. The fourth-order valence-electron chi connectivity index (χ4n) is 2.13. The van der Waals surface area contributed by atoms with Crippen LogP contribution in [0.5, 0.6) is 0 Å². The number of rotatable bonds is 1. The third-order valence-corrected chi connectivity index (χ3v) is 2.91. The van der Waals surface area contributed by atoms with Gasteiger partial charge in [0, 0.05) is 0 Å². The van der Waals surface area contributed by atoms with Gasteiger partial charge in [-0.25, -0.2) is 4.98 Å². The van der Waals surface area contributed by atoms with E-state index in [0.717, 1.165) is 35.3 Å². The average Bonchev–Trinajstić information content (AvgIpc) is 2.84. The van der Waals surface area contributed by atoms with E-state index in [2.05, 4.69) is 15.3 Å². The van der Waals surface area contributed by atoms with Crippen molar-refractivity contribution in [2.24, 2.45) is 0 Å². The molecule has 0 spiro atoms. The second-order valence-corrected chi connectivity index (χ2v) is 4.05. The first-order valence-corrected chi connectivity index (χ1v) is 5.31. The van der Waals surface area contributed by atoms with Crippen LogP contribution in [-0.2, 0) is 0 Å². The van der Waals surface area contributed by atoms with Gasteiger partial charge in [0.2, 0.25) is 0 Å². The van der Waals surface area contributed by atoms with Gasteiger partial charge in [0.25, 0.3) is 0 Å². The first-order valence-electron chi connectivity index (χ1n) is 5.31. The van der Waals surface area contributed by atoms with Crippen LogP contribution in [0.1, 0.15) is 24.7 Å². The van der Waals surface area contributed by atoms with Crippen LogP contribution in [0.4, 0.5) is 0 Å². The number of fused-ring (bicyclic) bond motifs is 1. The summed E-state index contributed by atoms with van der Waals surface area (Å²) >= 11 is 0. The number of aromatic nitrogens is 2. The van der Waals surface area contributed by atoms with Crippen molar-refractivity contribution in [2.45, 2.75) is 18.9 Å². The van der Waals surface area contributed by atoms with Crippen LogP contribution in [-0.4, -0.2) is 24.4 Å². The summed E-state index contributed by atoms with van der Waals surface area (Å²) in [6, 6.07) is 6.16. The Kier molecular flexibility index (Phi) is 2.02. The highest BCUT2D eigenvalue weighted by Gasteiger charge is 2.19. The maximum Gasteiger partial charge on any atom is 0.124 e. The van der Waals surface area contributed by atoms with E-state index in [9.17, 15) is 0 Å². The van der Waals surface area contributed by atoms with Crippen molar-refractivity contribution in [3.63, 3.8) is 0 Å². The molecule has 1 atom stereocenters. The Morgan fingerprint density at radius 1 is 1.40 bits per heavy atom. The van der Waals surface area contributed by atoms with E-state index in [1.165, 1.54) is 6.42 Å². The molecular weight excluding hydrogens is 185 g/mol. The number of benzene rings is 1. The molecule has 2 aromatic rings. The minimum absolute atomic E-state index is 0.388. The van der Waals surface area contributed by atoms with Gasteiger partial charge in [-0.05, 0) is 31.5 Å². The van der Waals surface area contributed by atoms with E-state index in [0.29, 0.717) is 6.04 Å². The smallest absolute Gasteiger partial charge is 0.124 e. The molecule has 1 saturated heterocycles. The zero-order chi connectivity index (χ0) is 10.3. The zero-order valence-electron chi connectivity index (χ0n) is 8.46. The molecule has 2 radical (unpaired) electrons. The minimum atomic E-state index is 0.388. The summed E-state index contributed by atoms with van der Waals surface area (Å²) in [6.07, 6.45) is 2.39. The van der Waals surface area contributed by atoms with Crippen LogP contribution in [0, 0.1) is 0 Å². The van der Waals surface area contributed by atoms with Crippen molar-refractivity contribution < 1.29 is 0 Å². The molecule has 4 heteroatoms. The monoisotopic (exact) mass is 197 g/mol. The number of hydrogen-bond acceptors (Lipinski definition) is 2. The predicted molar refractivity (Wildman–Crippen MR) is 61.5 cm³/mol. The lowest BCUT2D eigenvalue weighted by atomic mass is 9.96. The van der Waals surface area contributed by atoms with Crippen molar-refractivity contribution in [1.29, 1.82) is 0 Å². The van der Waals surface area contributed by atoms with Crippen LogP contribution in [0.25, 0.3) is 11.0 Å². The summed E-state index contributed by atoms with van der Waals surface area (Å²) in [5, 5.41) is 3.42. The van der Waals surface area contributed by atoms with Gasteiger partial charge < -0.3 is 10.3 Å². The molecule has 0 saturated carbocycles. The summed E-state index contributed by atoms with van der Waals surface area (Å²) in [5.41, 5.74) is 2.80. The van der Waals surface area contributed by atoms with Gasteiger partial charge in [-0.3, -0.25) is 0 Å². The highest BCUT2D eigenvalue weighted by molar-refractivity contribution is 6.33. The highest BCUT2D eigenvalue weighted by Crippen LogP contribution is 2.22. The molecule has 3 rings (SSSR count). The van der Waals surface area contributed by atoms with E-state index in [1.54, 1.807) is 0 Å². The summed E-state index contributed by atoms with van der Waals surface area (Å²) in [7, 11) is 5.72. The molecule has 2 heterocycles. The molecule has 15 heavy (non-hydrogen) atoms. The standard InChI is InChI=1S/C11H12BN3/c12-7-3-4-8-10(6-7)15-11(14-8)9-2-1-5-13-9/h3-4,6,9,13H,1-2,5H2,(H,14,15)/t9-/m0/s1. The lowest BCUT2D eigenvalue weighted by Gasteiger charge is -2.04.